The molecule has 2 rings (SSSR count). The van der Waals surface area contributed by atoms with Crippen LogP contribution in [0.25, 0.3) is 10.1 Å². The van der Waals surface area contributed by atoms with Gasteiger partial charge in [0.1, 0.15) is 5.82 Å². The van der Waals surface area contributed by atoms with Crippen molar-refractivity contribution >= 4 is 55.1 Å². The second-order valence-corrected chi connectivity index (χ2v) is 6.22. The maximum Gasteiger partial charge on any atom is 0.311 e. The van der Waals surface area contributed by atoms with Crippen LogP contribution in [0.5, 0.6) is 0 Å². The van der Waals surface area contributed by atoms with Gasteiger partial charge in [0.2, 0.25) is 0 Å². The van der Waals surface area contributed by atoms with Gasteiger partial charge >= 0.3 is 5.69 Å². The van der Waals surface area contributed by atoms with E-state index in [9.17, 15) is 14.9 Å². The number of fused-ring (bicyclic) bond motifs is 1. The summed E-state index contributed by atoms with van der Waals surface area (Å²) in [6, 6.07) is 0. The maximum absolute atomic E-state index is 11.3. The predicted molar refractivity (Wildman–Crippen MR) is 87.7 cm³/mol. The number of pyridine rings is 1. The van der Waals surface area contributed by atoms with Gasteiger partial charge in [-0.25, -0.2) is 4.98 Å². The van der Waals surface area contributed by atoms with Crippen LogP contribution in [0, 0.1) is 17.0 Å². The molecule has 6 nitrogen and oxygen atoms in total. The highest BCUT2D eigenvalue weighted by Crippen LogP contribution is 2.43. The fraction of sp³-hybridized carbons (Fsp3) is 0.385. The Bertz CT molecular complexity index is 725. The third-order valence-electron chi connectivity index (χ3n) is 3.38. The first-order chi connectivity index (χ1) is 9.96. The second-order valence-electron chi connectivity index (χ2n) is 4.42. The van der Waals surface area contributed by atoms with Crippen molar-refractivity contribution in [3.8, 4) is 0 Å². The molecule has 0 amide bonds. The highest BCUT2D eigenvalue weighted by atomic mass is 79.9. The minimum Gasteiger partial charge on any atom is -0.356 e. The highest BCUT2D eigenvalue weighted by Gasteiger charge is 2.27. The molecule has 0 N–H and O–H groups in total. The van der Waals surface area contributed by atoms with E-state index in [0.29, 0.717) is 26.3 Å². The molecule has 0 radical (unpaired) electrons. The molecule has 0 unspecified atom stereocenters. The van der Waals surface area contributed by atoms with E-state index in [4.69, 9.17) is 0 Å². The van der Waals surface area contributed by atoms with Crippen molar-refractivity contribution in [1.82, 2.24) is 4.98 Å². The lowest BCUT2D eigenvalue weighted by atomic mass is 10.1. The minimum atomic E-state index is -0.459. The largest absolute Gasteiger partial charge is 0.356 e. The summed E-state index contributed by atoms with van der Waals surface area (Å²) in [5.74, 6) is 0.675. The molecule has 2 aromatic rings. The molecule has 0 bridgehead atoms. The van der Waals surface area contributed by atoms with Gasteiger partial charge in [-0.1, -0.05) is 0 Å². The maximum atomic E-state index is 11.3. The van der Waals surface area contributed by atoms with Crippen LogP contribution in [-0.4, -0.2) is 29.3 Å². The molecule has 0 fully saturated rings. The molecule has 0 spiro atoms. The van der Waals surface area contributed by atoms with Gasteiger partial charge in [-0.15, -0.1) is 11.3 Å². The summed E-state index contributed by atoms with van der Waals surface area (Å²) >= 11 is 4.45. The zero-order chi connectivity index (χ0) is 15.7. The third kappa shape index (κ3) is 2.53. The number of hydrogen-bond acceptors (Lipinski definition) is 6. The molecule has 21 heavy (non-hydrogen) atoms. The number of nitrogens with zero attached hydrogens (tertiary/aromatic N) is 3. The van der Waals surface area contributed by atoms with Crippen LogP contribution >= 0.6 is 27.3 Å². The SMILES string of the molecule is CCN(CC)c1nc(Br)c([N+](=O)[O-])c2c(C)c(C=O)sc12. The number of rotatable bonds is 5. The van der Waals surface area contributed by atoms with Crippen molar-refractivity contribution in [3.05, 3.63) is 25.2 Å². The van der Waals surface area contributed by atoms with E-state index in [2.05, 4.69) is 20.9 Å². The first-order valence-corrected chi connectivity index (χ1v) is 8.04. The van der Waals surface area contributed by atoms with Crippen LogP contribution in [0.4, 0.5) is 11.5 Å². The molecule has 0 saturated carbocycles. The molecule has 2 heterocycles. The Kier molecular flexibility index (Phi) is 4.58. The van der Waals surface area contributed by atoms with Crippen molar-refractivity contribution in [2.45, 2.75) is 20.8 Å². The Balaban J connectivity index is 2.94. The average Bonchev–Trinajstić information content (AvgIpc) is 2.77. The lowest BCUT2D eigenvalue weighted by Gasteiger charge is -2.20. The Morgan fingerprint density at radius 1 is 1.43 bits per heavy atom. The van der Waals surface area contributed by atoms with E-state index >= 15 is 0 Å². The number of carbonyl (C=O) groups is 1. The molecule has 0 aliphatic carbocycles. The number of thiophene rings is 1. The molecule has 8 heteroatoms. The number of anilines is 1. The van der Waals surface area contributed by atoms with Crippen molar-refractivity contribution in [2.24, 2.45) is 0 Å². The minimum absolute atomic E-state index is 0.0808. The predicted octanol–water partition coefficient (Wildman–Crippen LogP) is 3.93. The number of nitro groups is 1. The van der Waals surface area contributed by atoms with E-state index in [1.54, 1.807) is 6.92 Å². The lowest BCUT2D eigenvalue weighted by Crippen LogP contribution is -2.23. The summed E-state index contributed by atoms with van der Waals surface area (Å²) in [4.78, 5) is 28.9. The topological polar surface area (TPSA) is 76.3 Å². The molecule has 0 aliphatic heterocycles. The summed E-state index contributed by atoms with van der Waals surface area (Å²) in [7, 11) is 0. The van der Waals surface area contributed by atoms with E-state index in [1.165, 1.54) is 11.3 Å². The van der Waals surface area contributed by atoms with Gasteiger partial charge in [0.05, 0.1) is 19.9 Å². The first-order valence-electron chi connectivity index (χ1n) is 6.43. The molecular weight excluding hydrogens is 358 g/mol. The Hall–Kier alpha value is -1.54. The van der Waals surface area contributed by atoms with Crippen LogP contribution < -0.4 is 4.90 Å². The van der Waals surface area contributed by atoms with E-state index in [-0.39, 0.29) is 10.3 Å². The van der Waals surface area contributed by atoms with E-state index in [1.807, 2.05) is 18.7 Å². The van der Waals surface area contributed by atoms with Crippen molar-refractivity contribution in [2.75, 3.05) is 18.0 Å². The van der Waals surface area contributed by atoms with Crippen LogP contribution in [0.15, 0.2) is 4.60 Å². The molecule has 0 aromatic carbocycles. The first kappa shape index (κ1) is 15.8. The Morgan fingerprint density at radius 3 is 2.52 bits per heavy atom. The average molecular weight is 372 g/mol. The number of aldehydes is 1. The standard InChI is InChI=1S/C13H14BrN3O3S/c1-4-16(5-2)13-11-9(7(3)8(6-18)21-11)10(17(19)20)12(14)15-13/h6H,4-5H2,1-3H3. The highest BCUT2D eigenvalue weighted by molar-refractivity contribution is 9.10. The van der Waals surface area contributed by atoms with E-state index in [0.717, 1.165) is 19.4 Å². The van der Waals surface area contributed by atoms with Gasteiger partial charge in [-0.05, 0) is 42.3 Å². The number of carbonyl (C=O) groups excluding carboxylic acids is 1. The van der Waals surface area contributed by atoms with Crippen molar-refractivity contribution in [3.63, 3.8) is 0 Å². The lowest BCUT2D eigenvalue weighted by molar-refractivity contribution is -0.384. The smallest absolute Gasteiger partial charge is 0.311 e. The summed E-state index contributed by atoms with van der Waals surface area (Å²) in [6.45, 7) is 7.18. The van der Waals surface area contributed by atoms with Gasteiger partial charge in [-0.2, -0.15) is 0 Å². The molecule has 0 saturated heterocycles. The quantitative estimate of drug-likeness (QED) is 0.344. The van der Waals surface area contributed by atoms with Gasteiger partial charge in [0.25, 0.3) is 0 Å². The Morgan fingerprint density at radius 2 is 2.05 bits per heavy atom. The molecule has 0 aliphatic rings. The zero-order valence-electron chi connectivity index (χ0n) is 11.8. The molecule has 2 aromatic heterocycles. The summed E-state index contributed by atoms with van der Waals surface area (Å²) in [5, 5.41) is 11.8. The third-order valence-corrected chi connectivity index (χ3v) is 5.14. The second kappa shape index (κ2) is 6.07. The van der Waals surface area contributed by atoms with Gasteiger partial charge in [-0.3, -0.25) is 14.9 Å². The number of halogens is 1. The molecule has 0 atom stereocenters. The Labute approximate surface area is 134 Å². The van der Waals surface area contributed by atoms with E-state index < -0.39 is 4.92 Å². The number of aryl methyl sites for hydroxylation is 1. The van der Waals surface area contributed by atoms with Crippen molar-refractivity contribution in [1.29, 1.82) is 0 Å². The van der Waals surface area contributed by atoms with Gasteiger partial charge in [0.15, 0.2) is 10.9 Å². The summed E-state index contributed by atoms with van der Waals surface area (Å²) in [6.07, 6.45) is 0.740. The summed E-state index contributed by atoms with van der Waals surface area (Å²) < 4.78 is 0.883. The summed E-state index contributed by atoms with van der Waals surface area (Å²) in [5.41, 5.74) is 0.552. The van der Waals surface area contributed by atoms with Crippen LogP contribution in [0.3, 0.4) is 0 Å². The van der Waals surface area contributed by atoms with Crippen LogP contribution in [0.1, 0.15) is 29.1 Å². The number of hydrogen-bond donors (Lipinski definition) is 0. The number of aromatic nitrogens is 1. The zero-order valence-corrected chi connectivity index (χ0v) is 14.2. The molecule has 112 valence electrons. The van der Waals surface area contributed by atoms with Crippen LogP contribution in [-0.2, 0) is 0 Å². The fourth-order valence-corrected chi connectivity index (χ4v) is 3.94. The van der Waals surface area contributed by atoms with Gasteiger partial charge < -0.3 is 4.90 Å². The normalized spacial score (nSPS) is 10.9. The van der Waals surface area contributed by atoms with Crippen LogP contribution in [0.2, 0.25) is 0 Å². The fourth-order valence-electron chi connectivity index (χ4n) is 2.29. The monoisotopic (exact) mass is 371 g/mol. The molecular formula is C13H14BrN3O3S. The van der Waals surface area contributed by atoms with Gasteiger partial charge in [0, 0.05) is 13.1 Å². The van der Waals surface area contributed by atoms with Crippen molar-refractivity contribution < 1.29 is 9.72 Å².